The van der Waals surface area contributed by atoms with Crippen molar-refractivity contribution in [1.82, 2.24) is 4.98 Å². The molecule has 17 heavy (non-hydrogen) atoms. The van der Waals surface area contributed by atoms with Gasteiger partial charge in [-0.2, -0.15) is 0 Å². The molecule has 2 nitrogen and oxygen atoms in total. The van der Waals surface area contributed by atoms with Crippen LogP contribution in [-0.2, 0) is 0 Å². The van der Waals surface area contributed by atoms with E-state index < -0.39 is 0 Å². The zero-order chi connectivity index (χ0) is 12.3. The first-order valence-electron chi connectivity index (χ1n) is 5.89. The summed E-state index contributed by atoms with van der Waals surface area (Å²) in [6, 6.07) is 10.2. The van der Waals surface area contributed by atoms with Crippen LogP contribution in [0, 0.1) is 6.92 Å². The minimum Gasteiger partial charge on any atom is -0.396 e. The highest BCUT2D eigenvalue weighted by Crippen LogP contribution is 2.33. The third kappa shape index (κ3) is 2.56. The van der Waals surface area contributed by atoms with Gasteiger partial charge in [0.05, 0.1) is 12.3 Å². The molecule has 0 aliphatic heterocycles. The van der Waals surface area contributed by atoms with Gasteiger partial charge < -0.3 is 5.11 Å². The van der Waals surface area contributed by atoms with E-state index in [9.17, 15) is 5.11 Å². The van der Waals surface area contributed by atoms with Crippen molar-refractivity contribution in [3.63, 3.8) is 0 Å². The number of benzene rings is 1. The molecule has 1 atom stereocenters. The fourth-order valence-electron chi connectivity index (χ4n) is 1.89. The van der Waals surface area contributed by atoms with E-state index in [4.69, 9.17) is 0 Å². The van der Waals surface area contributed by atoms with Crippen molar-refractivity contribution in [1.29, 1.82) is 0 Å². The van der Waals surface area contributed by atoms with E-state index >= 15 is 0 Å². The van der Waals surface area contributed by atoms with Crippen molar-refractivity contribution in [3.05, 3.63) is 40.9 Å². The lowest BCUT2D eigenvalue weighted by atomic mass is 10.1. The number of thiazole rings is 1. The molecule has 0 aliphatic rings. The molecular weight excluding hydrogens is 230 g/mol. The number of aliphatic hydroxyl groups is 1. The van der Waals surface area contributed by atoms with Gasteiger partial charge in [0.15, 0.2) is 0 Å². The molecule has 1 aromatic carbocycles. The highest BCUT2D eigenvalue weighted by Gasteiger charge is 2.16. The van der Waals surface area contributed by atoms with Crippen LogP contribution in [0.5, 0.6) is 0 Å². The first-order chi connectivity index (χ1) is 8.26. The average Bonchev–Trinajstić information content (AvgIpc) is 2.75. The van der Waals surface area contributed by atoms with Crippen molar-refractivity contribution in [2.24, 2.45) is 0 Å². The summed E-state index contributed by atoms with van der Waals surface area (Å²) in [4.78, 5) is 5.82. The number of hydrogen-bond acceptors (Lipinski definition) is 3. The molecule has 1 aromatic heterocycles. The summed E-state index contributed by atoms with van der Waals surface area (Å²) in [7, 11) is 0. The Morgan fingerprint density at radius 1 is 1.29 bits per heavy atom. The second-order valence-electron chi connectivity index (χ2n) is 4.12. The molecule has 1 unspecified atom stereocenters. The number of hydrogen-bond donors (Lipinski definition) is 1. The predicted molar refractivity (Wildman–Crippen MR) is 72.4 cm³/mol. The lowest BCUT2D eigenvalue weighted by Crippen LogP contribution is -2.01. The number of nitrogens with zero attached hydrogens (tertiary/aromatic N) is 1. The van der Waals surface area contributed by atoms with Crippen molar-refractivity contribution in [2.75, 3.05) is 6.61 Å². The first kappa shape index (κ1) is 12.3. The Hall–Kier alpha value is -1.19. The maximum absolute atomic E-state index is 9.36. The van der Waals surface area contributed by atoms with Crippen LogP contribution >= 0.6 is 11.3 Å². The molecule has 0 saturated heterocycles. The molecule has 0 saturated carbocycles. The SMILES string of the molecule is CCC(CO)c1sc(-c2ccccc2)nc1C. The van der Waals surface area contributed by atoms with Crippen LogP contribution in [0.4, 0.5) is 0 Å². The summed E-state index contributed by atoms with van der Waals surface area (Å²) < 4.78 is 0. The molecular formula is C14H17NOS. The highest BCUT2D eigenvalue weighted by atomic mass is 32.1. The molecule has 0 aliphatic carbocycles. The summed E-state index contributed by atoms with van der Waals surface area (Å²) in [5.41, 5.74) is 2.20. The van der Waals surface area contributed by atoms with Crippen molar-refractivity contribution < 1.29 is 5.11 Å². The Morgan fingerprint density at radius 2 is 2.00 bits per heavy atom. The average molecular weight is 247 g/mol. The Bertz CT molecular complexity index is 474. The van der Waals surface area contributed by atoms with Crippen LogP contribution in [0.25, 0.3) is 10.6 Å². The number of aliphatic hydroxyl groups excluding tert-OH is 1. The second-order valence-corrected chi connectivity index (χ2v) is 5.15. The summed E-state index contributed by atoms with van der Waals surface area (Å²) in [6.07, 6.45) is 0.952. The quantitative estimate of drug-likeness (QED) is 0.895. The van der Waals surface area contributed by atoms with Crippen molar-refractivity contribution in [3.8, 4) is 10.6 Å². The smallest absolute Gasteiger partial charge is 0.123 e. The van der Waals surface area contributed by atoms with E-state index in [0.29, 0.717) is 0 Å². The van der Waals surface area contributed by atoms with Crippen LogP contribution in [0.15, 0.2) is 30.3 Å². The lowest BCUT2D eigenvalue weighted by Gasteiger charge is -2.08. The Balaban J connectivity index is 2.37. The molecule has 0 bridgehead atoms. The molecule has 1 heterocycles. The second kappa shape index (κ2) is 5.43. The molecule has 2 aromatic rings. The molecule has 0 amide bonds. The maximum Gasteiger partial charge on any atom is 0.123 e. The molecule has 0 spiro atoms. The summed E-state index contributed by atoms with van der Waals surface area (Å²) in [5, 5.41) is 10.4. The van der Waals surface area contributed by atoms with E-state index in [2.05, 4.69) is 24.0 Å². The van der Waals surface area contributed by atoms with Gasteiger partial charge in [0.2, 0.25) is 0 Å². The zero-order valence-electron chi connectivity index (χ0n) is 10.2. The summed E-state index contributed by atoms with van der Waals surface area (Å²) in [5.74, 6) is 0.227. The predicted octanol–water partition coefficient (Wildman–Crippen LogP) is 3.60. The van der Waals surface area contributed by atoms with E-state index in [-0.39, 0.29) is 12.5 Å². The Labute approximate surface area is 106 Å². The number of aryl methyl sites for hydroxylation is 1. The highest BCUT2D eigenvalue weighted by molar-refractivity contribution is 7.15. The van der Waals surface area contributed by atoms with Crippen LogP contribution in [0.3, 0.4) is 0 Å². The molecule has 90 valence electrons. The standard InChI is InChI=1S/C14H17NOS/c1-3-11(9-16)13-10(2)15-14(17-13)12-7-5-4-6-8-12/h4-8,11,16H,3,9H2,1-2H3. The molecule has 1 N–H and O–H groups in total. The minimum atomic E-state index is 0.202. The van der Waals surface area contributed by atoms with Crippen LogP contribution in [-0.4, -0.2) is 16.7 Å². The van der Waals surface area contributed by atoms with Crippen molar-refractivity contribution >= 4 is 11.3 Å². The van der Waals surface area contributed by atoms with E-state index in [0.717, 1.165) is 22.7 Å². The van der Waals surface area contributed by atoms with Gasteiger partial charge in [0.25, 0.3) is 0 Å². The van der Waals surface area contributed by atoms with Crippen LogP contribution < -0.4 is 0 Å². The van der Waals surface area contributed by atoms with E-state index in [1.54, 1.807) is 11.3 Å². The van der Waals surface area contributed by atoms with Gasteiger partial charge in [0, 0.05) is 16.4 Å². The molecule has 0 fully saturated rings. The molecule has 3 heteroatoms. The van der Waals surface area contributed by atoms with E-state index in [1.165, 1.54) is 4.88 Å². The van der Waals surface area contributed by atoms with Gasteiger partial charge in [-0.05, 0) is 13.3 Å². The Morgan fingerprint density at radius 3 is 2.59 bits per heavy atom. The number of rotatable bonds is 4. The first-order valence-corrected chi connectivity index (χ1v) is 6.71. The van der Waals surface area contributed by atoms with Gasteiger partial charge >= 0.3 is 0 Å². The Kier molecular flexibility index (Phi) is 3.92. The topological polar surface area (TPSA) is 33.1 Å². The third-order valence-corrected chi connectivity index (χ3v) is 4.31. The molecule has 0 radical (unpaired) electrons. The van der Waals surface area contributed by atoms with E-state index in [1.807, 2.05) is 25.1 Å². The summed E-state index contributed by atoms with van der Waals surface area (Å²) in [6.45, 7) is 4.33. The van der Waals surface area contributed by atoms with Gasteiger partial charge in [-0.15, -0.1) is 11.3 Å². The maximum atomic E-state index is 9.36. The van der Waals surface area contributed by atoms with Gasteiger partial charge in [0.1, 0.15) is 5.01 Å². The molecule has 2 rings (SSSR count). The fraction of sp³-hybridized carbons (Fsp3) is 0.357. The number of aromatic nitrogens is 1. The third-order valence-electron chi connectivity index (χ3n) is 2.94. The monoisotopic (exact) mass is 247 g/mol. The largest absolute Gasteiger partial charge is 0.396 e. The lowest BCUT2D eigenvalue weighted by molar-refractivity contribution is 0.263. The van der Waals surface area contributed by atoms with Gasteiger partial charge in [-0.3, -0.25) is 0 Å². The van der Waals surface area contributed by atoms with Gasteiger partial charge in [-0.25, -0.2) is 4.98 Å². The van der Waals surface area contributed by atoms with Crippen molar-refractivity contribution in [2.45, 2.75) is 26.2 Å². The summed E-state index contributed by atoms with van der Waals surface area (Å²) >= 11 is 1.70. The minimum absolute atomic E-state index is 0.202. The van der Waals surface area contributed by atoms with Gasteiger partial charge in [-0.1, -0.05) is 37.3 Å². The zero-order valence-corrected chi connectivity index (χ0v) is 11.0. The normalized spacial score (nSPS) is 12.6. The fourth-order valence-corrected chi connectivity index (χ4v) is 3.13. The van der Waals surface area contributed by atoms with Crippen LogP contribution in [0.2, 0.25) is 0 Å². The van der Waals surface area contributed by atoms with Crippen LogP contribution in [0.1, 0.15) is 29.8 Å².